The number of nitrogens with zero attached hydrogens (tertiary/aromatic N) is 1. The van der Waals surface area contributed by atoms with Crippen LogP contribution < -0.4 is 0 Å². The molecule has 1 aromatic heterocycles. The number of rotatable bonds is 7. The third-order valence-electron chi connectivity index (χ3n) is 4.28. The first-order valence-corrected chi connectivity index (χ1v) is 7.76. The summed E-state index contributed by atoms with van der Waals surface area (Å²) >= 11 is 0. The summed E-state index contributed by atoms with van der Waals surface area (Å²) < 4.78 is 2.31. The molecule has 0 aliphatic rings. The van der Waals surface area contributed by atoms with Crippen molar-refractivity contribution in [2.45, 2.75) is 53.0 Å². The highest BCUT2D eigenvalue weighted by molar-refractivity contribution is 5.83. The number of benzene rings is 1. The fourth-order valence-corrected chi connectivity index (χ4v) is 2.77. The van der Waals surface area contributed by atoms with E-state index in [1.807, 2.05) is 0 Å². The van der Waals surface area contributed by atoms with Crippen molar-refractivity contribution >= 4 is 16.9 Å². The Bertz CT molecular complexity index is 625. The van der Waals surface area contributed by atoms with Crippen molar-refractivity contribution in [3.63, 3.8) is 0 Å². The second kappa shape index (κ2) is 6.33. The molecule has 0 saturated carbocycles. The van der Waals surface area contributed by atoms with Crippen LogP contribution in [0.3, 0.4) is 0 Å². The van der Waals surface area contributed by atoms with Crippen LogP contribution in [-0.4, -0.2) is 15.6 Å². The summed E-state index contributed by atoms with van der Waals surface area (Å²) in [5.74, 6) is -0.706. The van der Waals surface area contributed by atoms with Gasteiger partial charge in [-0.3, -0.25) is 4.79 Å². The van der Waals surface area contributed by atoms with Gasteiger partial charge < -0.3 is 9.67 Å². The van der Waals surface area contributed by atoms with Crippen molar-refractivity contribution in [1.29, 1.82) is 0 Å². The van der Waals surface area contributed by atoms with Gasteiger partial charge in [-0.15, -0.1) is 0 Å². The fourth-order valence-electron chi connectivity index (χ4n) is 2.77. The van der Waals surface area contributed by atoms with E-state index in [1.54, 1.807) is 13.8 Å². The molecule has 0 spiro atoms. The molecule has 0 bridgehead atoms. The first kappa shape index (κ1) is 15.6. The second-order valence-electron chi connectivity index (χ2n) is 6.36. The molecule has 0 radical (unpaired) electrons. The molecule has 1 aromatic carbocycles. The van der Waals surface area contributed by atoms with Crippen LogP contribution in [0.4, 0.5) is 0 Å². The highest BCUT2D eigenvalue weighted by Crippen LogP contribution is 2.25. The van der Waals surface area contributed by atoms with Crippen molar-refractivity contribution in [2.75, 3.05) is 0 Å². The van der Waals surface area contributed by atoms with Crippen LogP contribution in [0.5, 0.6) is 0 Å². The van der Waals surface area contributed by atoms with Gasteiger partial charge in [0.1, 0.15) is 0 Å². The number of carbonyl (C=O) groups is 1. The molecule has 0 unspecified atom stereocenters. The van der Waals surface area contributed by atoms with Gasteiger partial charge in [0.15, 0.2) is 0 Å². The summed E-state index contributed by atoms with van der Waals surface area (Å²) in [7, 11) is 0. The molecule has 21 heavy (non-hydrogen) atoms. The standard InChI is InChI=1S/C18H25NO2/c1-4-14-8-7-9-15-10-13-19(16(14)15)12-6-5-11-18(2,3)17(20)21/h7-10,13H,4-6,11-12H2,1-3H3,(H,20,21). The summed E-state index contributed by atoms with van der Waals surface area (Å²) in [6.45, 7) is 6.74. The quantitative estimate of drug-likeness (QED) is 0.763. The monoisotopic (exact) mass is 287 g/mol. The van der Waals surface area contributed by atoms with Gasteiger partial charge in [-0.2, -0.15) is 0 Å². The minimum Gasteiger partial charge on any atom is -0.481 e. The lowest BCUT2D eigenvalue weighted by atomic mass is 9.87. The Morgan fingerprint density at radius 1 is 1.24 bits per heavy atom. The number of aryl methyl sites for hydroxylation is 2. The zero-order valence-corrected chi connectivity index (χ0v) is 13.2. The van der Waals surface area contributed by atoms with Crippen molar-refractivity contribution < 1.29 is 9.90 Å². The molecule has 0 aliphatic heterocycles. The molecule has 0 saturated heterocycles. The van der Waals surface area contributed by atoms with Gasteiger partial charge in [0, 0.05) is 12.7 Å². The lowest BCUT2D eigenvalue weighted by Crippen LogP contribution is -2.23. The van der Waals surface area contributed by atoms with Gasteiger partial charge in [-0.25, -0.2) is 0 Å². The number of para-hydroxylation sites is 1. The highest BCUT2D eigenvalue weighted by atomic mass is 16.4. The molecular weight excluding hydrogens is 262 g/mol. The molecule has 1 N–H and O–H groups in total. The largest absolute Gasteiger partial charge is 0.481 e. The lowest BCUT2D eigenvalue weighted by Gasteiger charge is -2.18. The molecule has 114 valence electrons. The maximum atomic E-state index is 11.1. The number of hydrogen-bond donors (Lipinski definition) is 1. The van der Waals surface area contributed by atoms with E-state index in [1.165, 1.54) is 16.5 Å². The van der Waals surface area contributed by atoms with Crippen LogP contribution in [0.2, 0.25) is 0 Å². The Morgan fingerprint density at radius 3 is 2.67 bits per heavy atom. The maximum absolute atomic E-state index is 11.1. The van der Waals surface area contributed by atoms with E-state index < -0.39 is 11.4 Å². The van der Waals surface area contributed by atoms with Crippen LogP contribution >= 0.6 is 0 Å². The summed E-state index contributed by atoms with van der Waals surface area (Å²) in [6.07, 6.45) is 5.85. The number of aliphatic carboxylic acids is 1. The van der Waals surface area contributed by atoms with Crippen molar-refractivity contribution in [3.8, 4) is 0 Å². The van der Waals surface area contributed by atoms with Gasteiger partial charge in [-0.05, 0) is 50.1 Å². The Labute approximate surface area is 126 Å². The summed E-state index contributed by atoms with van der Waals surface area (Å²) in [5, 5.41) is 10.4. The summed E-state index contributed by atoms with van der Waals surface area (Å²) in [5.41, 5.74) is 2.09. The van der Waals surface area contributed by atoms with E-state index in [0.717, 1.165) is 32.2 Å². The lowest BCUT2D eigenvalue weighted by molar-refractivity contribution is -0.147. The molecule has 0 amide bonds. The van der Waals surface area contributed by atoms with Crippen molar-refractivity contribution in [1.82, 2.24) is 4.57 Å². The Kier molecular flexibility index (Phi) is 4.71. The predicted molar refractivity (Wildman–Crippen MR) is 86.6 cm³/mol. The van der Waals surface area contributed by atoms with Crippen LogP contribution in [-0.2, 0) is 17.8 Å². The average Bonchev–Trinajstić information content (AvgIpc) is 2.86. The molecule has 0 aliphatic carbocycles. The molecule has 2 rings (SSSR count). The number of fused-ring (bicyclic) bond motifs is 1. The molecule has 0 fully saturated rings. The highest BCUT2D eigenvalue weighted by Gasteiger charge is 2.25. The van der Waals surface area contributed by atoms with Gasteiger partial charge >= 0.3 is 5.97 Å². The fraction of sp³-hybridized carbons (Fsp3) is 0.500. The molecule has 1 heterocycles. The van der Waals surface area contributed by atoms with E-state index in [9.17, 15) is 4.79 Å². The van der Waals surface area contributed by atoms with Gasteiger partial charge in [0.25, 0.3) is 0 Å². The number of carboxylic acid groups (broad SMARTS) is 1. The van der Waals surface area contributed by atoms with E-state index in [2.05, 4.69) is 42.0 Å². The number of hydrogen-bond acceptors (Lipinski definition) is 1. The van der Waals surface area contributed by atoms with E-state index >= 15 is 0 Å². The van der Waals surface area contributed by atoms with Crippen molar-refractivity contribution in [2.24, 2.45) is 5.41 Å². The molecule has 2 aromatic rings. The Morgan fingerprint density at radius 2 is 2.00 bits per heavy atom. The average molecular weight is 287 g/mol. The van der Waals surface area contributed by atoms with Crippen LogP contribution in [0.15, 0.2) is 30.5 Å². The van der Waals surface area contributed by atoms with Gasteiger partial charge in [0.2, 0.25) is 0 Å². The molecule has 3 heteroatoms. The summed E-state index contributed by atoms with van der Waals surface area (Å²) in [6, 6.07) is 8.61. The topological polar surface area (TPSA) is 42.2 Å². The van der Waals surface area contributed by atoms with Crippen LogP contribution in [0.25, 0.3) is 10.9 Å². The van der Waals surface area contributed by atoms with Crippen LogP contribution in [0.1, 0.15) is 45.6 Å². The predicted octanol–water partition coefficient (Wildman–Crippen LogP) is 4.48. The van der Waals surface area contributed by atoms with Crippen molar-refractivity contribution in [3.05, 3.63) is 36.0 Å². The minimum absolute atomic E-state index is 0.618. The maximum Gasteiger partial charge on any atom is 0.309 e. The minimum atomic E-state index is -0.706. The Hall–Kier alpha value is -1.77. The zero-order chi connectivity index (χ0) is 15.5. The zero-order valence-electron chi connectivity index (χ0n) is 13.2. The number of aromatic nitrogens is 1. The molecule has 3 nitrogen and oxygen atoms in total. The van der Waals surface area contributed by atoms with Gasteiger partial charge in [0.05, 0.1) is 10.9 Å². The SMILES string of the molecule is CCc1cccc2ccn(CCCCC(C)(C)C(=O)O)c12. The summed E-state index contributed by atoms with van der Waals surface area (Å²) in [4.78, 5) is 11.1. The second-order valence-corrected chi connectivity index (χ2v) is 6.36. The van der Waals surface area contributed by atoms with E-state index in [4.69, 9.17) is 5.11 Å². The van der Waals surface area contributed by atoms with Gasteiger partial charge in [-0.1, -0.05) is 31.5 Å². The molecular formula is C18H25NO2. The van der Waals surface area contributed by atoms with Crippen LogP contribution in [0, 0.1) is 5.41 Å². The van der Waals surface area contributed by atoms with E-state index in [0.29, 0.717) is 0 Å². The first-order chi connectivity index (χ1) is 9.95. The first-order valence-electron chi connectivity index (χ1n) is 7.76. The van der Waals surface area contributed by atoms with E-state index in [-0.39, 0.29) is 0 Å². The third-order valence-corrected chi connectivity index (χ3v) is 4.28. The third kappa shape index (κ3) is 3.46. The Balaban J connectivity index is 2.00. The number of unbranched alkanes of at least 4 members (excludes halogenated alkanes) is 1. The number of carboxylic acids is 1. The smallest absolute Gasteiger partial charge is 0.309 e. The normalized spacial score (nSPS) is 12.0. The molecule has 0 atom stereocenters.